The summed E-state index contributed by atoms with van der Waals surface area (Å²) in [6.07, 6.45) is -6.19. The van der Waals surface area contributed by atoms with Crippen LogP contribution in [-0.4, -0.2) is 32.1 Å². The largest absolute Gasteiger partial charge is 0.486 e. The summed E-state index contributed by atoms with van der Waals surface area (Å²) < 4.78 is 101. The van der Waals surface area contributed by atoms with Crippen LogP contribution in [0.2, 0.25) is 5.02 Å². The normalized spacial score (nSPS) is 15.7. The second kappa shape index (κ2) is 9.82. The molecule has 1 aliphatic rings. The third-order valence-electron chi connectivity index (χ3n) is 5.62. The second-order valence-corrected chi connectivity index (χ2v) is 10.4. The van der Waals surface area contributed by atoms with Crippen LogP contribution in [0, 0.1) is 11.6 Å². The summed E-state index contributed by atoms with van der Waals surface area (Å²) in [4.78, 5) is 10.4. The van der Waals surface area contributed by atoms with E-state index in [1.807, 2.05) is 0 Å². The van der Waals surface area contributed by atoms with Crippen LogP contribution in [0.3, 0.4) is 0 Å². The van der Waals surface area contributed by atoms with Gasteiger partial charge in [-0.25, -0.2) is 17.2 Å². The van der Waals surface area contributed by atoms with Gasteiger partial charge < -0.3 is 9.84 Å². The number of carboxylic acid groups (broad SMARTS) is 1. The van der Waals surface area contributed by atoms with Crippen molar-refractivity contribution in [2.45, 2.75) is 30.0 Å². The minimum Gasteiger partial charge on any atom is -0.486 e. The molecule has 6 nitrogen and oxygen atoms in total. The Morgan fingerprint density at radius 2 is 1.84 bits per heavy atom. The van der Waals surface area contributed by atoms with E-state index in [4.69, 9.17) is 21.4 Å². The van der Waals surface area contributed by atoms with Crippen LogP contribution in [0.25, 0.3) is 11.1 Å². The van der Waals surface area contributed by atoms with Crippen molar-refractivity contribution in [2.75, 3.05) is 10.8 Å². The van der Waals surface area contributed by atoms with E-state index in [0.717, 1.165) is 28.6 Å². The van der Waals surface area contributed by atoms with Crippen LogP contribution in [0.15, 0.2) is 59.5 Å². The lowest BCUT2D eigenvalue weighted by Gasteiger charge is -2.36. The van der Waals surface area contributed by atoms with Gasteiger partial charge in [0.1, 0.15) is 23.5 Å². The molecule has 37 heavy (non-hydrogen) atoms. The Kier molecular flexibility index (Phi) is 7.08. The van der Waals surface area contributed by atoms with Gasteiger partial charge in [0.2, 0.25) is 0 Å². The average molecular weight is 562 g/mol. The van der Waals surface area contributed by atoms with E-state index < -0.39 is 61.9 Å². The molecule has 0 unspecified atom stereocenters. The molecule has 0 aromatic heterocycles. The van der Waals surface area contributed by atoms with Crippen molar-refractivity contribution < 1.29 is 45.0 Å². The van der Waals surface area contributed by atoms with Gasteiger partial charge in [-0.3, -0.25) is 9.10 Å². The van der Waals surface area contributed by atoms with Gasteiger partial charge in [0.05, 0.1) is 27.7 Å². The molecule has 3 aromatic rings. The highest BCUT2D eigenvalue weighted by Crippen LogP contribution is 2.42. The zero-order valence-electron chi connectivity index (χ0n) is 18.6. The van der Waals surface area contributed by atoms with Crippen LogP contribution in [0.4, 0.5) is 27.6 Å². The van der Waals surface area contributed by atoms with E-state index in [-0.39, 0.29) is 35.4 Å². The smallest absolute Gasteiger partial charge is 0.416 e. The third-order valence-corrected chi connectivity index (χ3v) is 7.78. The summed E-state index contributed by atoms with van der Waals surface area (Å²) >= 11 is 5.99. The number of benzene rings is 3. The summed E-state index contributed by atoms with van der Waals surface area (Å²) in [7, 11) is -4.63. The number of nitrogens with zero attached hydrogens (tertiary/aromatic N) is 1. The summed E-state index contributed by atoms with van der Waals surface area (Å²) in [5, 5.41) is 8.59. The van der Waals surface area contributed by atoms with E-state index in [0.29, 0.717) is 12.1 Å². The number of ether oxygens (including phenoxy) is 1. The van der Waals surface area contributed by atoms with Crippen LogP contribution < -0.4 is 9.04 Å². The number of sulfonamides is 1. The molecule has 1 aliphatic heterocycles. The van der Waals surface area contributed by atoms with Crippen molar-refractivity contribution in [1.82, 2.24) is 0 Å². The fourth-order valence-electron chi connectivity index (χ4n) is 3.87. The fraction of sp³-hybridized carbons (Fsp3) is 0.208. The Labute approximate surface area is 212 Å². The maximum Gasteiger partial charge on any atom is 0.416 e. The lowest BCUT2D eigenvalue weighted by molar-refractivity contribution is -0.138. The molecular formula is C24H17ClF5NO5S. The second-order valence-electron chi connectivity index (χ2n) is 8.17. The minimum atomic E-state index is -4.80. The Hall–Kier alpha value is -3.38. The maximum absolute atomic E-state index is 14.0. The highest BCUT2D eigenvalue weighted by Gasteiger charge is 2.37. The number of alkyl halides is 3. The molecule has 0 saturated heterocycles. The first-order valence-electron chi connectivity index (χ1n) is 10.6. The first-order chi connectivity index (χ1) is 17.3. The number of halogens is 6. The number of carbonyl (C=O) groups is 1. The number of anilines is 1. The Balaban J connectivity index is 1.85. The van der Waals surface area contributed by atoms with Crippen molar-refractivity contribution >= 4 is 33.3 Å². The van der Waals surface area contributed by atoms with Gasteiger partial charge in [0, 0.05) is 18.1 Å². The van der Waals surface area contributed by atoms with Crippen molar-refractivity contribution in [3.63, 3.8) is 0 Å². The predicted octanol–water partition coefficient (Wildman–Crippen LogP) is 6.13. The minimum absolute atomic E-state index is 0.0195. The number of aliphatic carboxylic acids is 1. The summed E-state index contributed by atoms with van der Waals surface area (Å²) in [5.41, 5.74) is -1.28. The molecule has 0 radical (unpaired) electrons. The van der Waals surface area contributed by atoms with E-state index >= 15 is 0 Å². The van der Waals surface area contributed by atoms with Gasteiger partial charge in [-0.1, -0.05) is 23.7 Å². The van der Waals surface area contributed by atoms with Gasteiger partial charge in [0.15, 0.2) is 0 Å². The molecule has 196 valence electrons. The summed E-state index contributed by atoms with van der Waals surface area (Å²) in [6, 6.07) is 8.58. The maximum atomic E-state index is 14.0. The van der Waals surface area contributed by atoms with E-state index in [2.05, 4.69) is 0 Å². The molecule has 0 spiro atoms. The first-order valence-corrected chi connectivity index (χ1v) is 12.5. The van der Waals surface area contributed by atoms with Crippen LogP contribution in [0.5, 0.6) is 5.75 Å². The van der Waals surface area contributed by atoms with Crippen LogP contribution >= 0.6 is 11.6 Å². The molecule has 0 saturated carbocycles. The zero-order chi connectivity index (χ0) is 27.1. The number of carboxylic acids is 1. The molecular weight excluding hydrogens is 545 g/mol. The lowest BCUT2D eigenvalue weighted by Crippen LogP contribution is -2.43. The van der Waals surface area contributed by atoms with Crippen molar-refractivity contribution in [1.29, 1.82) is 0 Å². The van der Waals surface area contributed by atoms with Gasteiger partial charge in [-0.15, -0.1) is 0 Å². The predicted molar refractivity (Wildman–Crippen MR) is 124 cm³/mol. The molecule has 1 heterocycles. The highest BCUT2D eigenvalue weighted by molar-refractivity contribution is 7.92. The third kappa shape index (κ3) is 5.49. The molecule has 0 amide bonds. The van der Waals surface area contributed by atoms with Crippen LogP contribution in [0.1, 0.15) is 18.4 Å². The van der Waals surface area contributed by atoms with Gasteiger partial charge in [0.25, 0.3) is 10.0 Å². The monoisotopic (exact) mass is 561 g/mol. The first kappa shape index (κ1) is 26.7. The van der Waals surface area contributed by atoms with Crippen molar-refractivity contribution in [2.24, 2.45) is 0 Å². The van der Waals surface area contributed by atoms with Gasteiger partial charge in [-0.05, 0) is 48.4 Å². The summed E-state index contributed by atoms with van der Waals surface area (Å²) in [6.45, 7) is -0.423. The topological polar surface area (TPSA) is 83.9 Å². The van der Waals surface area contributed by atoms with Crippen LogP contribution in [-0.2, 0) is 21.0 Å². The fourth-order valence-corrected chi connectivity index (χ4v) is 5.63. The molecule has 13 heteroatoms. The van der Waals surface area contributed by atoms with E-state index in [9.17, 15) is 35.2 Å². The van der Waals surface area contributed by atoms with E-state index in [1.165, 1.54) is 18.2 Å². The summed E-state index contributed by atoms with van der Waals surface area (Å²) in [5.74, 6) is -3.16. The van der Waals surface area contributed by atoms with E-state index in [1.54, 1.807) is 0 Å². The number of fused-ring (bicyclic) bond motifs is 1. The number of hydrogen-bond donors (Lipinski definition) is 1. The molecule has 4 rings (SSSR count). The average Bonchev–Trinajstić information content (AvgIpc) is 2.83. The molecule has 1 N–H and O–H groups in total. The number of rotatable bonds is 6. The Bertz CT molecular complexity index is 1480. The molecule has 1 atom stereocenters. The van der Waals surface area contributed by atoms with Crippen molar-refractivity contribution in [3.05, 3.63) is 76.8 Å². The lowest BCUT2D eigenvalue weighted by atomic mass is 10.0. The standard InChI is InChI=1S/C24H17ClF5NO5S/c25-23-18(10-15(26)11-19(23)27)13-4-6-21-20(8-13)31(12-16(36-21)5-7-22(32)33)37(34,35)17-3-1-2-14(9-17)24(28,29)30/h1-4,6,8-11,16H,5,7,12H2,(H,32,33)/t16-/m1/s1. The molecule has 0 fully saturated rings. The van der Waals surface area contributed by atoms with Crippen molar-refractivity contribution in [3.8, 4) is 16.9 Å². The van der Waals surface area contributed by atoms with Gasteiger partial charge in [-0.2, -0.15) is 13.2 Å². The molecule has 0 bridgehead atoms. The molecule has 3 aromatic carbocycles. The highest BCUT2D eigenvalue weighted by atomic mass is 35.5. The SMILES string of the molecule is O=C(O)CC[C@@H]1CN(S(=O)(=O)c2cccc(C(F)(F)F)c2)c2cc(-c3cc(F)cc(F)c3Cl)ccc2O1. The van der Waals surface area contributed by atoms with Gasteiger partial charge >= 0.3 is 12.1 Å². The quantitative estimate of drug-likeness (QED) is 0.289. The number of hydrogen-bond acceptors (Lipinski definition) is 4. The molecule has 0 aliphatic carbocycles. The zero-order valence-corrected chi connectivity index (χ0v) is 20.2. The Morgan fingerprint density at radius 3 is 2.51 bits per heavy atom. The Morgan fingerprint density at radius 1 is 1.11 bits per heavy atom.